The molecule has 2 saturated carbocycles. The number of nitrogens with one attached hydrogen (secondary N) is 1. The molecule has 0 bridgehead atoms. The zero-order valence-corrected chi connectivity index (χ0v) is 13.3. The minimum Gasteiger partial charge on any atom is -0.480 e. The summed E-state index contributed by atoms with van der Waals surface area (Å²) < 4.78 is 0. The Morgan fingerprint density at radius 3 is 2.38 bits per heavy atom. The molecule has 1 amide bonds. The molecule has 0 aromatic heterocycles. The van der Waals surface area contributed by atoms with E-state index in [-0.39, 0.29) is 17.7 Å². The fourth-order valence-corrected chi connectivity index (χ4v) is 4.09. The van der Waals surface area contributed by atoms with Crippen LogP contribution in [-0.4, -0.2) is 23.0 Å². The van der Waals surface area contributed by atoms with Gasteiger partial charge in [0.15, 0.2) is 0 Å². The molecule has 0 heterocycles. The van der Waals surface area contributed by atoms with Crippen molar-refractivity contribution in [3.8, 4) is 0 Å². The molecular formula is C17H29NO3. The van der Waals surface area contributed by atoms with Crippen LogP contribution in [0.2, 0.25) is 0 Å². The molecule has 2 aliphatic carbocycles. The summed E-state index contributed by atoms with van der Waals surface area (Å²) in [5.41, 5.74) is 0. The van der Waals surface area contributed by atoms with Crippen LogP contribution in [0.4, 0.5) is 0 Å². The first-order chi connectivity index (χ1) is 9.97. The number of carbonyl (C=O) groups excluding carboxylic acids is 1. The monoisotopic (exact) mass is 295 g/mol. The van der Waals surface area contributed by atoms with Crippen LogP contribution < -0.4 is 5.32 Å². The number of carboxylic acids is 1. The molecule has 2 aliphatic rings. The highest BCUT2D eigenvalue weighted by molar-refractivity contribution is 5.85. The largest absolute Gasteiger partial charge is 0.480 e. The van der Waals surface area contributed by atoms with Gasteiger partial charge in [0.25, 0.3) is 0 Å². The maximum absolute atomic E-state index is 12.4. The molecule has 2 N–H and O–H groups in total. The predicted octanol–water partition coefficient (Wildman–Crippen LogP) is 3.21. The lowest BCUT2D eigenvalue weighted by Gasteiger charge is -2.39. The summed E-state index contributed by atoms with van der Waals surface area (Å²) in [4.78, 5) is 23.7. The Hall–Kier alpha value is -1.06. The number of hydrogen-bond acceptors (Lipinski definition) is 2. The number of amides is 1. The SMILES string of the molecule is CC(C)C[C@H](NC(=O)C1CCC2CCCCC2C1)C(=O)O. The molecule has 0 aromatic rings. The van der Waals surface area contributed by atoms with Crippen LogP contribution in [0.1, 0.15) is 65.2 Å². The van der Waals surface area contributed by atoms with Crippen LogP contribution in [0.15, 0.2) is 0 Å². The zero-order valence-electron chi connectivity index (χ0n) is 13.3. The lowest BCUT2D eigenvalue weighted by Crippen LogP contribution is -2.46. The van der Waals surface area contributed by atoms with Crippen LogP contribution in [0.5, 0.6) is 0 Å². The van der Waals surface area contributed by atoms with Gasteiger partial charge in [0.1, 0.15) is 6.04 Å². The van der Waals surface area contributed by atoms with E-state index >= 15 is 0 Å². The summed E-state index contributed by atoms with van der Waals surface area (Å²) in [5, 5.41) is 12.0. The lowest BCUT2D eigenvalue weighted by atomic mass is 9.67. The van der Waals surface area contributed by atoms with Crippen LogP contribution in [0.25, 0.3) is 0 Å². The summed E-state index contributed by atoms with van der Waals surface area (Å²) in [6.45, 7) is 3.96. The quantitative estimate of drug-likeness (QED) is 0.818. The fourth-order valence-electron chi connectivity index (χ4n) is 4.09. The number of rotatable bonds is 5. The normalized spacial score (nSPS) is 30.5. The summed E-state index contributed by atoms with van der Waals surface area (Å²) in [6.07, 6.45) is 8.75. The minimum atomic E-state index is -0.914. The van der Waals surface area contributed by atoms with Crippen molar-refractivity contribution in [1.82, 2.24) is 5.32 Å². The third-order valence-electron chi connectivity index (χ3n) is 5.23. The first kappa shape index (κ1) is 16.3. The first-order valence-electron chi connectivity index (χ1n) is 8.50. The number of aliphatic carboxylic acids is 1. The molecule has 0 spiro atoms. The molecule has 4 nitrogen and oxygen atoms in total. The van der Waals surface area contributed by atoms with E-state index < -0.39 is 12.0 Å². The highest BCUT2D eigenvalue weighted by Gasteiger charge is 2.36. The van der Waals surface area contributed by atoms with Gasteiger partial charge in [0.05, 0.1) is 0 Å². The maximum atomic E-state index is 12.4. The van der Waals surface area contributed by atoms with Gasteiger partial charge in [0.2, 0.25) is 5.91 Å². The Balaban J connectivity index is 1.88. The van der Waals surface area contributed by atoms with Crippen LogP contribution in [0.3, 0.4) is 0 Å². The van der Waals surface area contributed by atoms with E-state index in [4.69, 9.17) is 0 Å². The van der Waals surface area contributed by atoms with E-state index in [0.29, 0.717) is 12.3 Å². The molecule has 4 heteroatoms. The Morgan fingerprint density at radius 2 is 1.76 bits per heavy atom. The van der Waals surface area contributed by atoms with Crippen LogP contribution in [0, 0.1) is 23.7 Å². The van der Waals surface area contributed by atoms with E-state index in [9.17, 15) is 14.7 Å². The Bertz CT molecular complexity index is 380. The van der Waals surface area contributed by atoms with Crippen molar-refractivity contribution in [2.75, 3.05) is 0 Å². The van der Waals surface area contributed by atoms with Crippen molar-refractivity contribution < 1.29 is 14.7 Å². The molecule has 3 unspecified atom stereocenters. The third-order valence-corrected chi connectivity index (χ3v) is 5.23. The number of carboxylic acid groups (broad SMARTS) is 1. The van der Waals surface area contributed by atoms with E-state index in [0.717, 1.165) is 25.2 Å². The number of carbonyl (C=O) groups is 2. The average molecular weight is 295 g/mol. The van der Waals surface area contributed by atoms with Crippen molar-refractivity contribution in [2.45, 2.75) is 71.3 Å². The third kappa shape index (κ3) is 4.45. The van der Waals surface area contributed by atoms with Gasteiger partial charge in [-0.25, -0.2) is 4.79 Å². The number of fused-ring (bicyclic) bond motifs is 1. The summed E-state index contributed by atoms with van der Waals surface area (Å²) >= 11 is 0. The molecule has 2 fully saturated rings. The second kappa shape index (κ2) is 7.28. The van der Waals surface area contributed by atoms with E-state index in [1.165, 1.54) is 25.7 Å². The summed E-state index contributed by atoms with van der Waals surface area (Å²) in [5.74, 6) is 0.847. The van der Waals surface area contributed by atoms with Gasteiger partial charge in [-0.2, -0.15) is 0 Å². The second-order valence-corrected chi connectivity index (χ2v) is 7.34. The van der Waals surface area contributed by atoms with E-state index in [1.54, 1.807) is 0 Å². The van der Waals surface area contributed by atoms with Gasteiger partial charge in [-0.15, -0.1) is 0 Å². The van der Waals surface area contributed by atoms with Crippen LogP contribution >= 0.6 is 0 Å². The molecule has 0 aliphatic heterocycles. The van der Waals surface area contributed by atoms with Gasteiger partial charge in [-0.3, -0.25) is 4.79 Å². The minimum absolute atomic E-state index is 0.0263. The highest BCUT2D eigenvalue weighted by Crippen LogP contribution is 2.42. The van der Waals surface area contributed by atoms with Gasteiger partial charge in [0, 0.05) is 5.92 Å². The van der Waals surface area contributed by atoms with Crippen molar-refractivity contribution in [3.63, 3.8) is 0 Å². The molecule has 2 rings (SSSR count). The smallest absolute Gasteiger partial charge is 0.326 e. The number of hydrogen-bond donors (Lipinski definition) is 2. The molecule has 0 saturated heterocycles. The summed E-state index contributed by atoms with van der Waals surface area (Å²) in [7, 11) is 0. The van der Waals surface area contributed by atoms with Crippen molar-refractivity contribution in [3.05, 3.63) is 0 Å². The Labute approximate surface area is 127 Å². The molecule has 0 radical (unpaired) electrons. The van der Waals surface area contributed by atoms with Gasteiger partial charge >= 0.3 is 5.97 Å². The molecule has 4 atom stereocenters. The lowest BCUT2D eigenvalue weighted by molar-refractivity contribution is -0.143. The van der Waals surface area contributed by atoms with Crippen molar-refractivity contribution >= 4 is 11.9 Å². The maximum Gasteiger partial charge on any atom is 0.326 e. The molecular weight excluding hydrogens is 266 g/mol. The molecule has 0 aromatic carbocycles. The average Bonchev–Trinajstić information content (AvgIpc) is 2.45. The van der Waals surface area contributed by atoms with Gasteiger partial charge in [-0.05, 0) is 43.4 Å². The van der Waals surface area contributed by atoms with Crippen molar-refractivity contribution in [2.24, 2.45) is 23.7 Å². The Kier molecular flexibility index (Phi) is 5.65. The standard InChI is InChI=1S/C17H29NO3/c1-11(2)9-15(17(20)21)18-16(19)14-8-7-12-5-3-4-6-13(12)10-14/h11-15H,3-10H2,1-2H3,(H,18,19)(H,20,21)/t12?,13?,14?,15-/m0/s1. The van der Waals surface area contributed by atoms with E-state index in [1.807, 2.05) is 13.8 Å². The molecule has 120 valence electrons. The van der Waals surface area contributed by atoms with Gasteiger partial charge in [-0.1, -0.05) is 39.5 Å². The van der Waals surface area contributed by atoms with Crippen LogP contribution in [-0.2, 0) is 9.59 Å². The summed E-state index contributed by atoms with van der Waals surface area (Å²) in [6, 6.07) is -0.735. The second-order valence-electron chi connectivity index (χ2n) is 7.34. The highest BCUT2D eigenvalue weighted by atomic mass is 16.4. The Morgan fingerprint density at radius 1 is 1.10 bits per heavy atom. The first-order valence-corrected chi connectivity index (χ1v) is 8.50. The molecule has 21 heavy (non-hydrogen) atoms. The van der Waals surface area contributed by atoms with Gasteiger partial charge < -0.3 is 10.4 Å². The fraction of sp³-hybridized carbons (Fsp3) is 0.882. The predicted molar refractivity (Wildman–Crippen MR) is 81.8 cm³/mol. The van der Waals surface area contributed by atoms with E-state index in [2.05, 4.69) is 5.32 Å². The zero-order chi connectivity index (χ0) is 15.4. The topological polar surface area (TPSA) is 66.4 Å². The van der Waals surface area contributed by atoms with Crippen molar-refractivity contribution in [1.29, 1.82) is 0 Å².